The van der Waals surface area contributed by atoms with E-state index in [-0.39, 0.29) is 17.6 Å². The first kappa shape index (κ1) is 20.2. The van der Waals surface area contributed by atoms with Crippen molar-refractivity contribution >= 4 is 22.4 Å². The molecule has 8 heteroatoms. The molecule has 0 saturated carbocycles. The Morgan fingerprint density at radius 1 is 1.39 bits per heavy atom. The van der Waals surface area contributed by atoms with Gasteiger partial charge in [0.1, 0.15) is 5.75 Å². The third kappa shape index (κ3) is 5.06. The molecule has 1 aliphatic rings. The molecular formula is C20H21F2N3O2S. The number of hydrogen-bond donors (Lipinski definition) is 1. The van der Waals surface area contributed by atoms with E-state index in [1.165, 1.54) is 23.5 Å². The van der Waals surface area contributed by atoms with E-state index in [2.05, 4.69) is 25.9 Å². The minimum absolute atomic E-state index is 0.0265. The van der Waals surface area contributed by atoms with Crippen LogP contribution < -0.4 is 10.1 Å². The predicted octanol–water partition coefficient (Wildman–Crippen LogP) is 4.00. The normalized spacial score (nSPS) is 15.4. The van der Waals surface area contributed by atoms with Gasteiger partial charge in [-0.1, -0.05) is 5.92 Å². The SMILES string of the molecule is C#CCN1CCC(C(=O)Nc2nc(-c3ccc(OC(F)F)cc3)c(C)s2)CC1. The average molecular weight is 405 g/mol. The zero-order valence-electron chi connectivity index (χ0n) is 15.5. The Morgan fingerprint density at radius 2 is 2.07 bits per heavy atom. The third-order valence-corrected chi connectivity index (χ3v) is 5.54. The van der Waals surface area contributed by atoms with Gasteiger partial charge in [-0.2, -0.15) is 8.78 Å². The number of likely N-dealkylation sites (tertiary alicyclic amines) is 1. The lowest BCUT2D eigenvalue weighted by Gasteiger charge is -2.29. The number of piperidine rings is 1. The van der Waals surface area contributed by atoms with Crippen molar-refractivity contribution in [2.24, 2.45) is 5.92 Å². The Balaban J connectivity index is 1.62. The van der Waals surface area contributed by atoms with Gasteiger partial charge in [0.05, 0.1) is 12.2 Å². The molecule has 1 amide bonds. The predicted molar refractivity (Wildman–Crippen MR) is 106 cm³/mol. The van der Waals surface area contributed by atoms with E-state index < -0.39 is 6.61 Å². The lowest BCUT2D eigenvalue weighted by Crippen LogP contribution is -2.38. The summed E-state index contributed by atoms with van der Waals surface area (Å²) in [6.07, 6.45) is 6.88. The Labute approximate surface area is 166 Å². The number of amides is 1. The summed E-state index contributed by atoms with van der Waals surface area (Å²) in [4.78, 5) is 20.2. The maximum absolute atomic E-state index is 12.5. The van der Waals surface area contributed by atoms with Crippen molar-refractivity contribution in [2.45, 2.75) is 26.4 Å². The zero-order valence-corrected chi connectivity index (χ0v) is 16.3. The molecule has 1 N–H and O–H groups in total. The van der Waals surface area contributed by atoms with E-state index in [1.54, 1.807) is 12.1 Å². The third-order valence-electron chi connectivity index (χ3n) is 4.65. The first-order valence-electron chi connectivity index (χ1n) is 8.95. The molecule has 28 heavy (non-hydrogen) atoms. The van der Waals surface area contributed by atoms with Crippen LogP contribution in [0.1, 0.15) is 17.7 Å². The van der Waals surface area contributed by atoms with Gasteiger partial charge in [0.2, 0.25) is 5.91 Å². The van der Waals surface area contributed by atoms with Gasteiger partial charge in [0.15, 0.2) is 5.13 Å². The Morgan fingerprint density at radius 3 is 2.68 bits per heavy atom. The number of nitrogens with zero attached hydrogens (tertiary/aromatic N) is 2. The number of nitrogens with one attached hydrogen (secondary N) is 1. The summed E-state index contributed by atoms with van der Waals surface area (Å²) >= 11 is 1.39. The van der Waals surface area contributed by atoms with Crippen LogP contribution in [-0.4, -0.2) is 42.0 Å². The highest BCUT2D eigenvalue weighted by Gasteiger charge is 2.25. The highest BCUT2D eigenvalue weighted by Crippen LogP contribution is 2.32. The van der Waals surface area contributed by atoms with Crippen molar-refractivity contribution in [1.82, 2.24) is 9.88 Å². The molecular weight excluding hydrogens is 384 g/mol. The van der Waals surface area contributed by atoms with E-state index in [0.29, 0.717) is 17.4 Å². The van der Waals surface area contributed by atoms with Crippen molar-refractivity contribution < 1.29 is 18.3 Å². The fraction of sp³-hybridized carbons (Fsp3) is 0.400. The van der Waals surface area contributed by atoms with Crippen LogP contribution in [0, 0.1) is 25.2 Å². The van der Waals surface area contributed by atoms with Gasteiger partial charge in [0, 0.05) is 16.4 Å². The van der Waals surface area contributed by atoms with Crippen LogP contribution in [0.2, 0.25) is 0 Å². The maximum atomic E-state index is 12.5. The molecule has 1 aromatic heterocycles. The van der Waals surface area contributed by atoms with Crippen LogP contribution in [0.4, 0.5) is 13.9 Å². The molecule has 148 valence electrons. The monoisotopic (exact) mass is 405 g/mol. The van der Waals surface area contributed by atoms with Gasteiger partial charge >= 0.3 is 6.61 Å². The summed E-state index contributed by atoms with van der Waals surface area (Å²) < 4.78 is 28.9. The molecule has 1 fully saturated rings. The van der Waals surface area contributed by atoms with Gasteiger partial charge < -0.3 is 10.1 Å². The number of benzene rings is 1. The van der Waals surface area contributed by atoms with Crippen LogP contribution in [0.25, 0.3) is 11.3 Å². The summed E-state index contributed by atoms with van der Waals surface area (Å²) in [5.74, 6) is 2.65. The van der Waals surface area contributed by atoms with E-state index in [0.717, 1.165) is 36.4 Å². The van der Waals surface area contributed by atoms with Crippen molar-refractivity contribution in [3.05, 3.63) is 29.1 Å². The Hall–Kier alpha value is -2.50. The second-order valence-electron chi connectivity index (χ2n) is 6.57. The van der Waals surface area contributed by atoms with E-state index in [9.17, 15) is 13.6 Å². The molecule has 0 radical (unpaired) electrons. The molecule has 1 aliphatic heterocycles. The highest BCUT2D eigenvalue weighted by molar-refractivity contribution is 7.16. The van der Waals surface area contributed by atoms with Crippen LogP contribution in [-0.2, 0) is 4.79 Å². The number of rotatable bonds is 6. The summed E-state index contributed by atoms with van der Waals surface area (Å²) in [6.45, 7) is 1.30. The number of aryl methyl sites for hydroxylation is 1. The standard InChI is InChI=1S/C20H21F2N3O2S/c1-3-10-25-11-8-15(9-12-25)18(26)24-20-23-17(13(2)28-20)14-4-6-16(7-5-14)27-19(21)22/h1,4-7,15,19H,8-12H2,2H3,(H,23,24,26). The first-order valence-corrected chi connectivity index (χ1v) is 9.77. The molecule has 1 aromatic carbocycles. The van der Waals surface area contributed by atoms with Gasteiger partial charge in [-0.25, -0.2) is 4.98 Å². The van der Waals surface area contributed by atoms with Crippen LogP contribution in [0.15, 0.2) is 24.3 Å². The van der Waals surface area contributed by atoms with Crippen molar-refractivity contribution in [2.75, 3.05) is 25.0 Å². The molecule has 1 saturated heterocycles. The lowest BCUT2D eigenvalue weighted by atomic mass is 9.96. The minimum Gasteiger partial charge on any atom is -0.435 e. The number of anilines is 1. The quantitative estimate of drug-likeness (QED) is 0.738. The second-order valence-corrected chi connectivity index (χ2v) is 7.77. The Bertz CT molecular complexity index is 853. The van der Waals surface area contributed by atoms with Crippen LogP contribution >= 0.6 is 11.3 Å². The number of carbonyl (C=O) groups is 1. The molecule has 0 bridgehead atoms. The largest absolute Gasteiger partial charge is 0.435 e. The molecule has 3 rings (SSSR count). The number of terminal acetylenes is 1. The first-order chi connectivity index (χ1) is 13.5. The van der Waals surface area contributed by atoms with Crippen molar-refractivity contribution in [3.63, 3.8) is 0 Å². The summed E-state index contributed by atoms with van der Waals surface area (Å²) in [6, 6.07) is 6.30. The molecule has 0 aliphatic carbocycles. The van der Waals surface area contributed by atoms with Gasteiger partial charge in [-0.3, -0.25) is 9.69 Å². The summed E-state index contributed by atoms with van der Waals surface area (Å²) in [5, 5.41) is 3.45. The number of thiazole rings is 1. The Kier molecular flexibility index (Phi) is 6.60. The number of aromatic nitrogens is 1. The molecule has 5 nitrogen and oxygen atoms in total. The number of halogens is 2. The van der Waals surface area contributed by atoms with E-state index in [1.807, 2.05) is 6.92 Å². The molecule has 0 spiro atoms. The zero-order chi connectivity index (χ0) is 20.1. The maximum Gasteiger partial charge on any atom is 0.387 e. The summed E-state index contributed by atoms with van der Waals surface area (Å²) in [5.41, 5.74) is 1.49. The highest BCUT2D eigenvalue weighted by atomic mass is 32.1. The molecule has 2 heterocycles. The second kappa shape index (κ2) is 9.13. The van der Waals surface area contributed by atoms with Crippen LogP contribution in [0.3, 0.4) is 0 Å². The van der Waals surface area contributed by atoms with Gasteiger partial charge in [-0.15, -0.1) is 17.8 Å². The molecule has 2 aromatic rings. The van der Waals surface area contributed by atoms with E-state index in [4.69, 9.17) is 6.42 Å². The fourth-order valence-corrected chi connectivity index (χ4v) is 4.04. The topological polar surface area (TPSA) is 54.5 Å². The average Bonchev–Trinajstić information content (AvgIpc) is 3.03. The van der Waals surface area contributed by atoms with Crippen LogP contribution in [0.5, 0.6) is 5.75 Å². The number of ether oxygens (including phenoxy) is 1. The minimum atomic E-state index is -2.85. The molecule has 0 unspecified atom stereocenters. The molecule has 0 atom stereocenters. The van der Waals surface area contributed by atoms with Crippen molar-refractivity contribution in [1.29, 1.82) is 0 Å². The van der Waals surface area contributed by atoms with Gasteiger partial charge in [0.25, 0.3) is 0 Å². The summed E-state index contributed by atoms with van der Waals surface area (Å²) in [7, 11) is 0. The van der Waals surface area contributed by atoms with Crippen molar-refractivity contribution in [3.8, 4) is 29.4 Å². The number of alkyl halides is 2. The van der Waals surface area contributed by atoms with E-state index >= 15 is 0 Å². The fourth-order valence-electron chi connectivity index (χ4n) is 3.20. The number of hydrogen-bond acceptors (Lipinski definition) is 5. The number of carbonyl (C=O) groups excluding carboxylic acids is 1. The lowest BCUT2D eigenvalue weighted by molar-refractivity contribution is -0.121. The van der Waals surface area contributed by atoms with Gasteiger partial charge in [-0.05, 0) is 57.1 Å². The smallest absolute Gasteiger partial charge is 0.387 e.